The normalized spacial score (nSPS) is 21.4. The number of hydrogen-bond acceptors (Lipinski definition) is 3. The highest BCUT2D eigenvalue weighted by molar-refractivity contribution is 5.59. The molecule has 3 heteroatoms. The fraction of sp³-hybridized carbons (Fsp3) is 0.647. The SMILES string of the molecule is CCCOc1cc(N)cc(NC2CCCC(C)(C)C2)c1. The topological polar surface area (TPSA) is 47.3 Å². The molecule has 1 fully saturated rings. The lowest BCUT2D eigenvalue weighted by molar-refractivity contribution is 0.229. The maximum Gasteiger partial charge on any atom is 0.123 e. The van der Waals surface area contributed by atoms with Crippen LogP contribution in [0.2, 0.25) is 0 Å². The summed E-state index contributed by atoms with van der Waals surface area (Å²) in [6.07, 6.45) is 6.09. The number of ether oxygens (including phenoxy) is 1. The lowest BCUT2D eigenvalue weighted by atomic mass is 9.75. The highest BCUT2D eigenvalue weighted by Gasteiger charge is 2.27. The van der Waals surface area contributed by atoms with Crippen LogP contribution in [-0.4, -0.2) is 12.6 Å². The third kappa shape index (κ3) is 4.32. The Hall–Kier alpha value is -1.38. The zero-order valence-corrected chi connectivity index (χ0v) is 13.0. The molecule has 3 nitrogen and oxygen atoms in total. The lowest BCUT2D eigenvalue weighted by Gasteiger charge is -2.36. The smallest absolute Gasteiger partial charge is 0.123 e. The van der Waals surface area contributed by atoms with Gasteiger partial charge < -0.3 is 15.8 Å². The summed E-state index contributed by atoms with van der Waals surface area (Å²) >= 11 is 0. The van der Waals surface area contributed by atoms with Crippen molar-refractivity contribution in [3.8, 4) is 5.75 Å². The quantitative estimate of drug-likeness (QED) is 0.782. The highest BCUT2D eigenvalue weighted by Crippen LogP contribution is 2.36. The van der Waals surface area contributed by atoms with E-state index in [1.54, 1.807) is 0 Å². The summed E-state index contributed by atoms with van der Waals surface area (Å²) in [5.74, 6) is 0.865. The predicted octanol–water partition coefficient (Wildman–Crippen LogP) is 4.44. The Bertz CT molecular complexity index is 443. The van der Waals surface area contributed by atoms with Crippen molar-refractivity contribution in [3.05, 3.63) is 18.2 Å². The zero-order valence-electron chi connectivity index (χ0n) is 13.0. The van der Waals surface area contributed by atoms with E-state index in [4.69, 9.17) is 10.5 Å². The van der Waals surface area contributed by atoms with Gasteiger partial charge >= 0.3 is 0 Å². The molecular formula is C17H28N2O. The average Bonchev–Trinajstić information content (AvgIpc) is 2.34. The van der Waals surface area contributed by atoms with E-state index in [2.05, 4.69) is 32.2 Å². The molecule has 1 atom stereocenters. The maximum absolute atomic E-state index is 5.97. The minimum atomic E-state index is 0.442. The lowest BCUT2D eigenvalue weighted by Crippen LogP contribution is -2.31. The molecule has 1 aliphatic rings. The van der Waals surface area contributed by atoms with Crippen molar-refractivity contribution in [1.29, 1.82) is 0 Å². The first kappa shape index (κ1) is 15.0. The molecule has 1 unspecified atom stereocenters. The summed E-state index contributed by atoms with van der Waals surface area (Å²) < 4.78 is 5.69. The molecule has 20 heavy (non-hydrogen) atoms. The molecule has 0 radical (unpaired) electrons. The Morgan fingerprint density at radius 3 is 2.85 bits per heavy atom. The second-order valence-corrected chi connectivity index (χ2v) is 6.74. The summed E-state index contributed by atoms with van der Waals surface area (Å²) in [5, 5.41) is 3.63. The van der Waals surface area contributed by atoms with Crippen LogP contribution in [0.25, 0.3) is 0 Å². The van der Waals surface area contributed by atoms with Gasteiger partial charge in [-0.2, -0.15) is 0 Å². The molecular weight excluding hydrogens is 248 g/mol. The van der Waals surface area contributed by atoms with E-state index in [0.717, 1.165) is 30.2 Å². The molecule has 0 spiro atoms. The predicted molar refractivity (Wildman–Crippen MR) is 86.3 cm³/mol. The third-order valence-corrected chi connectivity index (χ3v) is 3.98. The Morgan fingerprint density at radius 2 is 2.15 bits per heavy atom. The number of nitrogen functional groups attached to an aromatic ring is 1. The van der Waals surface area contributed by atoms with Crippen LogP contribution < -0.4 is 15.8 Å². The molecule has 112 valence electrons. The van der Waals surface area contributed by atoms with Gasteiger partial charge in [0.15, 0.2) is 0 Å². The van der Waals surface area contributed by atoms with Crippen molar-refractivity contribution in [2.75, 3.05) is 17.7 Å². The van der Waals surface area contributed by atoms with E-state index in [0.29, 0.717) is 11.5 Å². The van der Waals surface area contributed by atoms with E-state index in [9.17, 15) is 0 Å². The van der Waals surface area contributed by atoms with Crippen molar-refractivity contribution in [3.63, 3.8) is 0 Å². The molecule has 1 saturated carbocycles. The van der Waals surface area contributed by atoms with Crippen molar-refractivity contribution in [1.82, 2.24) is 0 Å². The van der Waals surface area contributed by atoms with Crippen LogP contribution in [0, 0.1) is 5.41 Å². The van der Waals surface area contributed by atoms with E-state index < -0.39 is 0 Å². The van der Waals surface area contributed by atoms with Crippen LogP contribution in [0.1, 0.15) is 52.9 Å². The van der Waals surface area contributed by atoms with Gasteiger partial charge in [0, 0.05) is 29.5 Å². The highest BCUT2D eigenvalue weighted by atomic mass is 16.5. The Morgan fingerprint density at radius 1 is 1.35 bits per heavy atom. The molecule has 0 aliphatic heterocycles. The largest absolute Gasteiger partial charge is 0.493 e. The van der Waals surface area contributed by atoms with Gasteiger partial charge in [-0.1, -0.05) is 27.2 Å². The summed E-state index contributed by atoms with van der Waals surface area (Å²) in [5.41, 5.74) is 8.25. The van der Waals surface area contributed by atoms with Crippen LogP contribution >= 0.6 is 0 Å². The van der Waals surface area contributed by atoms with Gasteiger partial charge in [0.25, 0.3) is 0 Å². The van der Waals surface area contributed by atoms with Crippen LogP contribution in [0.3, 0.4) is 0 Å². The van der Waals surface area contributed by atoms with E-state index in [1.807, 2.05) is 12.1 Å². The monoisotopic (exact) mass is 276 g/mol. The second kappa shape index (κ2) is 6.38. The van der Waals surface area contributed by atoms with E-state index in [1.165, 1.54) is 25.7 Å². The first-order chi connectivity index (χ1) is 9.48. The van der Waals surface area contributed by atoms with E-state index in [-0.39, 0.29) is 0 Å². The van der Waals surface area contributed by atoms with Gasteiger partial charge in [-0.3, -0.25) is 0 Å². The number of nitrogens with two attached hydrogens (primary N) is 1. The van der Waals surface area contributed by atoms with Gasteiger partial charge in [0.05, 0.1) is 6.61 Å². The number of benzene rings is 1. The number of hydrogen-bond donors (Lipinski definition) is 2. The molecule has 0 saturated heterocycles. The Balaban J connectivity index is 2.03. The molecule has 0 amide bonds. The molecule has 1 aliphatic carbocycles. The zero-order chi connectivity index (χ0) is 14.6. The average molecular weight is 276 g/mol. The van der Waals surface area contributed by atoms with E-state index >= 15 is 0 Å². The van der Waals surface area contributed by atoms with Gasteiger partial charge in [-0.25, -0.2) is 0 Å². The van der Waals surface area contributed by atoms with Crippen molar-refractivity contribution in [2.24, 2.45) is 5.41 Å². The molecule has 1 aromatic rings. The summed E-state index contributed by atoms with van der Waals surface area (Å²) in [4.78, 5) is 0. The molecule has 0 aromatic heterocycles. The minimum absolute atomic E-state index is 0.442. The molecule has 0 heterocycles. The molecule has 0 bridgehead atoms. The molecule has 2 rings (SSSR count). The first-order valence-electron chi connectivity index (χ1n) is 7.78. The maximum atomic E-state index is 5.97. The third-order valence-electron chi connectivity index (χ3n) is 3.98. The Labute approximate surface area is 122 Å². The van der Waals surface area contributed by atoms with Crippen LogP contribution in [-0.2, 0) is 0 Å². The molecule has 1 aromatic carbocycles. The van der Waals surface area contributed by atoms with Crippen LogP contribution in [0.5, 0.6) is 5.75 Å². The Kier molecular flexibility index (Phi) is 4.79. The fourth-order valence-electron chi connectivity index (χ4n) is 3.07. The van der Waals surface area contributed by atoms with Crippen molar-refractivity contribution in [2.45, 2.75) is 58.9 Å². The summed E-state index contributed by atoms with van der Waals surface area (Å²) in [7, 11) is 0. The summed E-state index contributed by atoms with van der Waals surface area (Å²) in [6, 6.07) is 6.50. The van der Waals surface area contributed by atoms with Gasteiger partial charge in [-0.05, 0) is 37.2 Å². The van der Waals surface area contributed by atoms with Crippen LogP contribution in [0.4, 0.5) is 11.4 Å². The summed E-state index contributed by atoms with van der Waals surface area (Å²) in [6.45, 7) is 7.56. The van der Waals surface area contributed by atoms with Crippen molar-refractivity contribution < 1.29 is 4.74 Å². The van der Waals surface area contributed by atoms with Crippen molar-refractivity contribution >= 4 is 11.4 Å². The first-order valence-corrected chi connectivity index (χ1v) is 7.78. The van der Waals surface area contributed by atoms with Gasteiger partial charge in [0.1, 0.15) is 5.75 Å². The van der Waals surface area contributed by atoms with Crippen LogP contribution in [0.15, 0.2) is 18.2 Å². The number of nitrogens with one attached hydrogen (secondary N) is 1. The van der Waals surface area contributed by atoms with Gasteiger partial charge in [-0.15, -0.1) is 0 Å². The van der Waals surface area contributed by atoms with Gasteiger partial charge in [0.2, 0.25) is 0 Å². The fourth-order valence-corrected chi connectivity index (χ4v) is 3.07. The number of rotatable bonds is 5. The standard InChI is InChI=1S/C17H28N2O/c1-4-8-20-16-10-13(18)9-15(11-16)19-14-6-5-7-17(2,3)12-14/h9-11,14,19H,4-8,12,18H2,1-3H3. The minimum Gasteiger partial charge on any atom is -0.493 e. The molecule has 3 N–H and O–H groups in total. The number of anilines is 2. The second-order valence-electron chi connectivity index (χ2n) is 6.74.